The maximum absolute atomic E-state index is 6.22. The Labute approximate surface area is 121 Å². The van der Waals surface area contributed by atoms with Crippen LogP contribution in [-0.2, 0) is 12.2 Å². The quantitative estimate of drug-likeness (QED) is 0.742. The summed E-state index contributed by atoms with van der Waals surface area (Å²) in [5, 5.41) is 1.59. The van der Waals surface area contributed by atoms with Crippen LogP contribution in [0.2, 0.25) is 5.15 Å². The lowest BCUT2D eigenvalue weighted by Crippen LogP contribution is -1.96. The number of halogens is 1. The second-order valence-corrected chi connectivity index (χ2v) is 7.13. The Balaban J connectivity index is 2.19. The van der Waals surface area contributed by atoms with Crippen LogP contribution in [0.1, 0.15) is 31.5 Å². The van der Waals surface area contributed by atoms with Gasteiger partial charge in [-0.25, -0.2) is 9.97 Å². The Morgan fingerprint density at radius 1 is 1.39 bits per heavy atom. The Hall–Kier alpha value is -0.320. The highest BCUT2D eigenvalue weighted by Crippen LogP contribution is 2.29. The highest BCUT2D eigenvalue weighted by Gasteiger charge is 2.10. The van der Waals surface area contributed by atoms with Gasteiger partial charge in [-0.1, -0.05) is 32.4 Å². The summed E-state index contributed by atoms with van der Waals surface area (Å²) >= 11 is 9.81. The molecule has 5 heteroatoms. The SMILES string of the molecule is CCc1cc2c(Cl)nc(CSCC(C)C)nc2s1. The first kappa shape index (κ1) is 14.1. The van der Waals surface area contributed by atoms with Gasteiger partial charge in [0.15, 0.2) is 0 Å². The first-order valence-corrected chi connectivity index (χ1v) is 8.47. The van der Waals surface area contributed by atoms with Crippen molar-refractivity contribution in [1.82, 2.24) is 9.97 Å². The van der Waals surface area contributed by atoms with Crippen molar-refractivity contribution in [2.75, 3.05) is 5.75 Å². The minimum atomic E-state index is 0.594. The van der Waals surface area contributed by atoms with Gasteiger partial charge in [-0.3, -0.25) is 0 Å². The van der Waals surface area contributed by atoms with Gasteiger partial charge in [0.05, 0.1) is 5.75 Å². The van der Waals surface area contributed by atoms with Crippen LogP contribution < -0.4 is 0 Å². The predicted molar refractivity (Wildman–Crippen MR) is 82.8 cm³/mol. The first-order valence-electron chi connectivity index (χ1n) is 6.12. The molecule has 2 nitrogen and oxygen atoms in total. The number of thioether (sulfide) groups is 1. The monoisotopic (exact) mass is 300 g/mol. The van der Waals surface area contributed by atoms with Gasteiger partial charge < -0.3 is 0 Å². The van der Waals surface area contributed by atoms with Crippen LogP contribution in [0.4, 0.5) is 0 Å². The van der Waals surface area contributed by atoms with E-state index in [4.69, 9.17) is 11.6 Å². The second-order valence-electron chi connectivity index (χ2n) is 4.62. The number of nitrogens with zero attached hydrogens (tertiary/aromatic N) is 2. The molecule has 18 heavy (non-hydrogen) atoms. The molecule has 0 radical (unpaired) electrons. The van der Waals surface area contributed by atoms with E-state index in [1.165, 1.54) is 4.88 Å². The molecule has 0 spiro atoms. The van der Waals surface area contributed by atoms with Crippen molar-refractivity contribution < 1.29 is 0 Å². The summed E-state index contributed by atoms with van der Waals surface area (Å²) in [6.07, 6.45) is 1.02. The predicted octanol–water partition coefficient (Wildman–Crippen LogP) is 4.80. The Morgan fingerprint density at radius 3 is 2.83 bits per heavy atom. The largest absolute Gasteiger partial charge is 0.221 e. The number of rotatable bonds is 5. The van der Waals surface area contributed by atoms with Crippen molar-refractivity contribution in [3.63, 3.8) is 0 Å². The minimum absolute atomic E-state index is 0.594. The van der Waals surface area contributed by atoms with Crippen LogP contribution in [0.3, 0.4) is 0 Å². The number of thiophene rings is 1. The molecule has 0 N–H and O–H groups in total. The zero-order valence-corrected chi connectivity index (χ0v) is 13.3. The van der Waals surface area contributed by atoms with Crippen LogP contribution >= 0.6 is 34.7 Å². The number of hydrogen-bond acceptors (Lipinski definition) is 4. The fourth-order valence-electron chi connectivity index (χ4n) is 1.60. The van der Waals surface area contributed by atoms with Gasteiger partial charge in [0, 0.05) is 10.3 Å². The van der Waals surface area contributed by atoms with Crippen molar-refractivity contribution in [3.8, 4) is 0 Å². The lowest BCUT2D eigenvalue weighted by molar-refractivity contribution is 0.750. The third-order valence-corrected chi connectivity index (χ3v) is 5.30. The minimum Gasteiger partial charge on any atom is -0.221 e. The van der Waals surface area contributed by atoms with Gasteiger partial charge in [-0.2, -0.15) is 11.8 Å². The summed E-state index contributed by atoms with van der Waals surface area (Å²) < 4.78 is 0. The molecule has 0 aromatic carbocycles. The van der Waals surface area contributed by atoms with Crippen LogP contribution in [0.15, 0.2) is 6.07 Å². The summed E-state index contributed by atoms with van der Waals surface area (Å²) in [4.78, 5) is 11.3. The Morgan fingerprint density at radius 2 is 2.17 bits per heavy atom. The molecule has 0 fully saturated rings. The van der Waals surface area contributed by atoms with Crippen molar-refractivity contribution in [1.29, 1.82) is 0 Å². The summed E-state index contributed by atoms with van der Waals surface area (Å²) in [6, 6.07) is 2.10. The van der Waals surface area contributed by atoms with Crippen molar-refractivity contribution >= 4 is 44.9 Å². The van der Waals surface area contributed by atoms with E-state index in [0.717, 1.165) is 34.0 Å². The Bertz CT molecular complexity index is 537. The van der Waals surface area contributed by atoms with Gasteiger partial charge in [-0.05, 0) is 24.2 Å². The topological polar surface area (TPSA) is 25.8 Å². The molecule has 0 aliphatic carbocycles. The van der Waals surface area contributed by atoms with E-state index >= 15 is 0 Å². The van der Waals surface area contributed by atoms with Crippen LogP contribution in [0.5, 0.6) is 0 Å². The molecule has 2 heterocycles. The molecule has 0 amide bonds. The summed E-state index contributed by atoms with van der Waals surface area (Å²) in [5.41, 5.74) is 0. The van der Waals surface area contributed by atoms with Crippen molar-refractivity contribution in [3.05, 3.63) is 21.9 Å². The third-order valence-electron chi connectivity index (χ3n) is 2.47. The lowest BCUT2D eigenvalue weighted by Gasteiger charge is -2.04. The fourth-order valence-corrected chi connectivity index (χ4v) is 3.79. The highest BCUT2D eigenvalue weighted by atomic mass is 35.5. The molecule has 2 aromatic rings. The Kier molecular flexibility index (Phi) is 4.87. The van der Waals surface area contributed by atoms with Crippen LogP contribution in [0.25, 0.3) is 10.2 Å². The molecule has 0 unspecified atom stereocenters. The number of aromatic nitrogens is 2. The zero-order valence-electron chi connectivity index (χ0n) is 10.9. The molecule has 0 aliphatic heterocycles. The zero-order chi connectivity index (χ0) is 13.1. The third kappa shape index (κ3) is 3.37. The molecule has 0 saturated heterocycles. The number of fused-ring (bicyclic) bond motifs is 1. The van der Waals surface area contributed by atoms with E-state index in [1.54, 1.807) is 11.3 Å². The molecule has 98 valence electrons. The van der Waals surface area contributed by atoms with E-state index in [0.29, 0.717) is 11.1 Å². The standard InChI is InChI=1S/C13H17ClN2S2/c1-4-9-5-10-12(14)15-11(16-13(10)18-9)7-17-6-8(2)3/h5,8H,4,6-7H2,1-3H3. The van der Waals surface area contributed by atoms with Gasteiger partial charge in [0.1, 0.15) is 15.8 Å². The maximum Gasteiger partial charge on any atom is 0.141 e. The van der Waals surface area contributed by atoms with Crippen LogP contribution in [0, 0.1) is 5.92 Å². The van der Waals surface area contributed by atoms with E-state index in [9.17, 15) is 0 Å². The average molecular weight is 301 g/mol. The molecular weight excluding hydrogens is 284 g/mol. The van der Waals surface area contributed by atoms with Gasteiger partial charge in [0.25, 0.3) is 0 Å². The summed E-state index contributed by atoms with van der Waals surface area (Å²) in [5.74, 6) is 3.52. The average Bonchev–Trinajstić information content (AvgIpc) is 2.72. The van der Waals surface area contributed by atoms with Gasteiger partial charge in [-0.15, -0.1) is 11.3 Å². The number of aryl methyl sites for hydroxylation is 1. The second kappa shape index (κ2) is 6.22. The van der Waals surface area contributed by atoms with Crippen molar-refractivity contribution in [2.24, 2.45) is 5.92 Å². The normalized spacial score (nSPS) is 11.6. The van der Waals surface area contributed by atoms with Gasteiger partial charge >= 0.3 is 0 Å². The molecular formula is C13H17ClN2S2. The summed E-state index contributed by atoms with van der Waals surface area (Å²) in [6.45, 7) is 6.58. The molecule has 0 atom stereocenters. The van der Waals surface area contributed by atoms with E-state index in [-0.39, 0.29) is 0 Å². The fraction of sp³-hybridized carbons (Fsp3) is 0.538. The van der Waals surface area contributed by atoms with Crippen LogP contribution in [-0.4, -0.2) is 15.7 Å². The maximum atomic E-state index is 6.22. The van der Waals surface area contributed by atoms with E-state index in [2.05, 4.69) is 36.8 Å². The smallest absolute Gasteiger partial charge is 0.141 e. The lowest BCUT2D eigenvalue weighted by atomic mass is 10.3. The number of hydrogen-bond donors (Lipinski definition) is 0. The summed E-state index contributed by atoms with van der Waals surface area (Å²) in [7, 11) is 0. The molecule has 0 saturated carbocycles. The van der Waals surface area contributed by atoms with Crippen molar-refractivity contribution in [2.45, 2.75) is 32.9 Å². The highest BCUT2D eigenvalue weighted by molar-refractivity contribution is 7.98. The first-order chi connectivity index (χ1) is 8.60. The van der Waals surface area contributed by atoms with E-state index < -0.39 is 0 Å². The molecule has 0 aliphatic rings. The van der Waals surface area contributed by atoms with Gasteiger partial charge in [0.2, 0.25) is 0 Å². The van der Waals surface area contributed by atoms with E-state index in [1.807, 2.05) is 11.8 Å². The molecule has 2 aromatic heterocycles. The molecule has 0 bridgehead atoms. The molecule has 2 rings (SSSR count).